The third-order valence-electron chi connectivity index (χ3n) is 13.0. The minimum absolute atomic E-state index is 0.00711. The Morgan fingerprint density at radius 1 is 0.966 bits per heavy atom. The van der Waals surface area contributed by atoms with E-state index in [2.05, 4.69) is 35.0 Å². The number of carbonyl (C=O) groups is 2. The van der Waals surface area contributed by atoms with E-state index in [0.717, 1.165) is 30.6 Å². The third-order valence-corrected chi connectivity index (χ3v) is 18.7. The fourth-order valence-electron chi connectivity index (χ4n) is 9.55. The number of nitrogens with zero attached hydrogens (tertiary/aromatic N) is 4. The van der Waals surface area contributed by atoms with Crippen molar-refractivity contribution in [3.63, 3.8) is 0 Å². The number of benzene rings is 4. The second-order valence-corrected chi connectivity index (χ2v) is 27.2. The summed E-state index contributed by atoms with van der Waals surface area (Å²) in [6, 6.07) is 10.8. The highest BCUT2D eigenvalue weighted by Crippen LogP contribution is 2.66. The van der Waals surface area contributed by atoms with Crippen molar-refractivity contribution in [3.05, 3.63) is 105 Å². The standard InChI is InChI=1S/C49H50N7O26P3S2/c1-49(2,3)46(76-20-26-19-55(48-40(26)47(52)53-22-54-48)39-18-35(59)38(79-39)21-78-84(65,66)82-85(67,68)81-83(62,63)64)30-17-36(75-4)25(15-33(30)56(60)61)7-5-6-8-34(58)24-9-10-27(37(16-24)77-23-57)41-28-11-13-31(50)44(86(69,70)71)42(28)80-43-29(41)12-14-32(51)45(43)87(72,73)74/h9-17,19,22-23,35,38-39,46,50,59H,6,8,18,20-21,51H2,1-4H3,(H,65,66)(H,67,68)(H2,52,53,54)(H2,62,63,64)(H,69,70,71)(H,72,73,74)/t35-,38-,39-,46-/m1/s1. The number of hydrogen-bond acceptors (Lipinski definition) is 25. The van der Waals surface area contributed by atoms with Crippen LogP contribution in [-0.4, -0.2) is 108 Å². The number of hydrogen-bond donors (Lipinski definition) is 10. The van der Waals surface area contributed by atoms with E-state index < -0.39 is 129 Å². The zero-order valence-corrected chi connectivity index (χ0v) is 49.6. The number of ether oxygens (including phenoxy) is 4. The smallest absolute Gasteiger partial charge is 0.490 e. The summed E-state index contributed by atoms with van der Waals surface area (Å²) < 4.78 is 149. The van der Waals surface area contributed by atoms with Gasteiger partial charge in [0, 0.05) is 64.7 Å². The maximum atomic E-state index is 13.7. The predicted molar refractivity (Wildman–Crippen MR) is 298 cm³/mol. The van der Waals surface area contributed by atoms with E-state index >= 15 is 0 Å². The predicted octanol–water partition coefficient (Wildman–Crippen LogP) is 5.85. The molecular weight excluding hydrogens is 1260 g/mol. The van der Waals surface area contributed by atoms with E-state index in [1.807, 2.05) is 0 Å². The average molecular weight is 1310 g/mol. The molecule has 1 aliphatic carbocycles. The number of Topliss-reactive ketones (excluding diaryl/α,β-unsaturated/α-hetero) is 1. The van der Waals surface area contributed by atoms with Crippen LogP contribution < -0.4 is 26.3 Å². The molecule has 0 amide bonds. The van der Waals surface area contributed by atoms with Crippen LogP contribution in [0.3, 0.4) is 0 Å². The Kier molecular flexibility index (Phi) is 18.6. The summed E-state index contributed by atoms with van der Waals surface area (Å²) in [7, 11) is -26.3. The van der Waals surface area contributed by atoms with Crippen LogP contribution >= 0.6 is 23.5 Å². The number of nitro groups is 1. The Labute approximate surface area is 490 Å². The first kappa shape index (κ1) is 65.6. The lowest BCUT2D eigenvalue weighted by Crippen LogP contribution is -2.26. The van der Waals surface area contributed by atoms with Crippen molar-refractivity contribution in [1.29, 1.82) is 5.41 Å². The summed E-state index contributed by atoms with van der Waals surface area (Å²) in [5.74, 6) is 3.99. The van der Waals surface area contributed by atoms with Crippen LogP contribution in [0.25, 0.3) is 44.5 Å². The van der Waals surface area contributed by atoms with Gasteiger partial charge in [0.05, 0.1) is 65.0 Å². The molecular formula is C49H50N7O26P3S2. The number of nitrogens with one attached hydrogen (secondary N) is 1. The first-order chi connectivity index (χ1) is 40.4. The number of anilines is 2. The van der Waals surface area contributed by atoms with Crippen LogP contribution in [0.1, 0.15) is 79.4 Å². The number of aliphatic hydroxyl groups excluding tert-OH is 1. The van der Waals surface area contributed by atoms with Gasteiger partial charge < -0.3 is 64.1 Å². The average Bonchev–Trinajstić information content (AvgIpc) is 1.31. The van der Waals surface area contributed by atoms with Crippen molar-refractivity contribution in [3.8, 4) is 45.8 Å². The Balaban J connectivity index is 1.03. The zero-order chi connectivity index (χ0) is 64.1. The number of rotatable bonds is 22. The second-order valence-electron chi connectivity index (χ2n) is 20.0. The Morgan fingerprint density at radius 3 is 2.29 bits per heavy atom. The lowest BCUT2D eigenvalue weighted by atomic mass is 9.83. The van der Waals surface area contributed by atoms with Crippen LogP contribution in [0.2, 0.25) is 0 Å². The topological polar surface area (TPSA) is 523 Å². The van der Waals surface area contributed by atoms with Crippen molar-refractivity contribution in [2.24, 2.45) is 5.41 Å². The van der Waals surface area contributed by atoms with Crippen molar-refractivity contribution in [1.82, 2.24) is 14.5 Å². The minimum Gasteiger partial charge on any atom is -0.495 e. The second kappa shape index (κ2) is 24.6. The van der Waals surface area contributed by atoms with E-state index in [4.69, 9.17) is 50.0 Å². The van der Waals surface area contributed by atoms with Crippen molar-refractivity contribution in [2.45, 2.75) is 81.0 Å². The van der Waals surface area contributed by atoms with Crippen LogP contribution in [0.4, 0.5) is 17.2 Å². The van der Waals surface area contributed by atoms with Gasteiger partial charge in [0.15, 0.2) is 26.9 Å². The molecule has 464 valence electrons. The maximum absolute atomic E-state index is 13.7. The zero-order valence-electron chi connectivity index (χ0n) is 45.3. The number of nitrogens with two attached hydrogens (primary N) is 2. The largest absolute Gasteiger partial charge is 0.495 e. The summed E-state index contributed by atoms with van der Waals surface area (Å²) in [4.78, 5) is 81.3. The van der Waals surface area contributed by atoms with Crippen molar-refractivity contribution >= 4 is 95.2 Å². The summed E-state index contributed by atoms with van der Waals surface area (Å²) in [5.41, 5.74) is 9.79. The van der Waals surface area contributed by atoms with E-state index in [-0.39, 0.29) is 99.5 Å². The number of carbonyl (C=O) groups excluding carboxylic acids is 2. The number of ketones is 1. The van der Waals surface area contributed by atoms with Crippen molar-refractivity contribution in [2.75, 3.05) is 25.2 Å². The van der Waals surface area contributed by atoms with Crippen LogP contribution in [-0.2, 0) is 68.0 Å². The minimum atomic E-state index is -5.85. The van der Waals surface area contributed by atoms with E-state index in [1.54, 1.807) is 20.8 Å². The Hall–Kier alpha value is -7.42. The van der Waals surface area contributed by atoms with Gasteiger partial charge in [-0.1, -0.05) is 38.7 Å². The normalized spacial score (nSPS) is 17.5. The quantitative estimate of drug-likeness (QED) is 0.00438. The first-order valence-electron chi connectivity index (χ1n) is 24.7. The molecule has 0 spiro atoms. The van der Waals surface area contributed by atoms with Gasteiger partial charge in [0.2, 0.25) is 0 Å². The highest BCUT2D eigenvalue weighted by Gasteiger charge is 2.44. The van der Waals surface area contributed by atoms with Crippen molar-refractivity contribution < 1.29 is 115 Å². The molecule has 12 N–H and O–H groups in total. The fourth-order valence-corrected chi connectivity index (χ4v) is 14.1. The molecule has 2 aliphatic heterocycles. The molecule has 33 nitrogen and oxygen atoms in total. The highest BCUT2D eigenvalue weighted by atomic mass is 32.2. The van der Waals surface area contributed by atoms with Gasteiger partial charge in [-0.15, -0.1) is 0 Å². The molecule has 0 saturated carbocycles. The van der Waals surface area contributed by atoms with Gasteiger partial charge in [-0.3, -0.25) is 38.7 Å². The summed E-state index contributed by atoms with van der Waals surface area (Å²) in [6.45, 7) is 3.96. The molecule has 3 aromatic carbocycles. The fraction of sp³-hybridized carbons (Fsp3) is 0.286. The number of fused-ring (bicyclic) bond motifs is 3. The Bertz CT molecular complexity index is 4440. The molecule has 38 heteroatoms. The molecule has 6 atom stereocenters. The monoisotopic (exact) mass is 1310 g/mol. The summed E-state index contributed by atoms with van der Waals surface area (Å²) in [6.07, 6.45) is -3.10. The molecule has 8 rings (SSSR count). The SMILES string of the molecule is COc1cc([C@@H](OCc2cn([C@H]3C[C@@H](O)[C@@H](COP(=O)(O)OP(=O)(O)OP(=O)(O)O)O3)c3ncnc(N)c23)C(C)(C)C)c([N+](=O)[O-])cc1C#CCCC(=O)c1ccc(-c2c3ccc(=N)c(S(=O)(=O)O)c-3oc3c(S(=O)(=O)O)c(N)ccc23)c(OC=O)c1. The number of methoxy groups -OCH3 is 1. The molecule has 0 bridgehead atoms. The van der Waals surface area contributed by atoms with Gasteiger partial charge in [-0.2, -0.15) is 25.5 Å². The lowest BCUT2D eigenvalue weighted by Gasteiger charge is -2.31. The number of phosphoric ester groups is 1. The van der Waals surface area contributed by atoms with Gasteiger partial charge in [-0.25, -0.2) is 23.7 Å². The molecule has 1 fully saturated rings. The summed E-state index contributed by atoms with van der Waals surface area (Å²) in [5, 5.41) is 31.3. The van der Waals surface area contributed by atoms with Crippen LogP contribution in [0.5, 0.6) is 11.5 Å². The number of aromatic nitrogens is 3. The molecule has 2 unspecified atom stereocenters. The Morgan fingerprint density at radius 2 is 1.66 bits per heavy atom. The number of nitrogen functional groups attached to an aromatic ring is 2. The number of aliphatic hydroxyl groups is 1. The number of nitro benzene ring substituents is 1. The van der Waals surface area contributed by atoms with E-state index in [1.165, 1.54) is 48.2 Å². The van der Waals surface area contributed by atoms with Crippen LogP contribution in [0, 0.1) is 32.8 Å². The van der Waals surface area contributed by atoms with Gasteiger partial charge in [-0.05, 0) is 47.9 Å². The molecule has 5 aromatic rings. The lowest BCUT2D eigenvalue weighted by molar-refractivity contribution is -0.386. The van der Waals surface area contributed by atoms with E-state index in [9.17, 15) is 74.2 Å². The molecule has 0 radical (unpaired) electrons. The van der Waals surface area contributed by atoms with Gasteiger partial charge >= 0.3 is 23.5 Å². The summed E-state index contributed by atoms with van der Waals surface area (Å²) >= 11 is 0. The van der Waals surface area contributed by atoms with E-state index in [0.29, 0.717) is 5.56 Å². The molecule has 87 heavy (non-hydrogen) atoms. The molecule has 4 heterocycles. The first-order valence-corrected chi connectivity index (χ1v) is 32.1. The van der Waals surface area contributed by atoms with Gasteiger partial charge in [0.25, 0.3) is 32.4 Å². The maximum Gasteiger partial charge on any atom is 0.490 e. The molecule has 3 aliphatic rings. The van der Waals surface area contributed by atoms with Gasteiger partial charge in [0.1, 0.15) is 41.6 Å². The number of phosphoric acid groups is 3. The van der Waals surface area contributed by atoms with Crippen LogP contribution in [0.15, 0.2) is 81.3 Å². The molecule has 2 aromatic heterocycles. The molecule has 1 saturated heterocycles. The highest BCUT2D eigenvalue weighted by molar-refractivity contribution is 7.86. The third kappa shape index (κ3) is 14.5.